The van der Waals surface area contributed by atoms with Crippen molar-refractivity contribution in [1.29, 1.82) is 0 Å². The molecular formula is C17H22O6. The smallest absolute Gasteiger partial charge is 0.207 e. The van der Waals surface area contributed by atoms with Crippen LogP contribution in [-0.2, 0) is 0 Å². The second-order valence-corrected chi connectivity index (χ2v) is 5.21. The van der Waals surface area contributed by atoms with E-state index in [4.69, 9.17) is 18.9 Å². The van der Waals surface area contributed by atoms with Crippen LogP contribution in [0.15, 0.2) is 18.2 Å². The van der Waals surface area contributed by atoms with Crippen LogP contribution in [0.5, 0.6) is 23.0 Å². The zero-order valence-electron chi connectivity index (χ0n) is 14.0. The third kappa shape index (κ3) is 3.00. The molecule has 0 amide bonds. The molecule has 1 aliphatic carbocycles. The van der Waals surface area contributed by atoms with Crippen LogP contribution in [0.1, 0.15) is 17.5 Å². The minimum absolute atomic E-state index is 0.0814. The number of hydrogen-bond acceptors (Lipinski definition) is 6. The fraction of sp³-hybridized carbons (Fsp3) is 0.412. The number of ether oxygens (including phenoxy) is 4. The molecule has 0 atom stereocenters. The summed E-state index contributed by atoms with van der Waals surface area (Å²) in [5, 5.41) is 19.3. The Bertz CT molecular complexity index is 658. The van der Waals surface area contributed by atoms with Crippen LogP contribution >= 0.6 is 0 Å². The van der Waals surface area contributed by atoms with Gasteiger partial charge in [-0.05, 0) is 18.6 Å². The van der Waals surface area contributed by atoms with Crippen LogP contribution in [0, 0.1) is 6.92 Å². The Hall–Kier alpha value is -2.18. The summed E-state index contributed by atoms with van der Waals surface area (Å²) in [7, 11) is 6.15. The number of hydrogen-bond donors (Lipinski definition) is 2. The molecule has 1 aromatic rings. The highest BCUT2D eigenvalue weighted by Gasteiger charge is 2.29. The first-order valence-electron chi connectivity index (χ1n) is 7.11. The van der Waals surface area contributed by atoms with Crippen LogP contribution in [0.2, 0.25) is 0 Å². The minimum atomic E-state index is -1.83. The lowest BCUT2D eigenvalue weighted by Gasteiger charge is -2.25. The van der Waals surface area contributed by atoms with Crippen LogP contribution in [-0.4, -0.2) is 44.4 Å². The highest BCUT2D eigenvalue weighted by atomic mass is 16.5. The zero-order valence-corrected chi connectivity index (χ0v) is 14.0. The molecule has 0 radical (unpaired) electrons. The second kappa shape index (κ2) is 6.52. The number of rotatable bonds is 5. The molecule has 1 aromatic carbocycles. The van der Waals surface area contributed by atoms with Crippen molar-refractivity contribution in [3.8, 4) is 23.0 Å². The number of benzene rings is 1. The summed E-state index contributed by atoms with van der Waals surface area (Å²) in [4.78, 5) is 0. The van der Waals surface area contributed by atoms with Crippen molar-refractivity contribution in [2.45, 2.75) is 19.1 Å². The van der Waals surface area contributed by atoms with E-state index >= 15 is 0 Å². The highest BCUT2D eigenvalue weighted by molar-refractivity contribution is 5.86. The Morgan fingerprint density at radius 1 is 0.870 bits per heavy atom. The van der Waals surface area contributed by atoms with Crippen molar-refractivity contribution in [2.75, 3.05) is 28.4 Å². The SMILES string of the molecule is COc1c(C)c(C2=CCC(O)(O)C=C2)c(OC)c(OC)c1OC. The van der Waals surface area contributed by atoms with Gasteiger partial charge in [0.2, 0.25) is 11.5 Å². The molecule has 0 saturated carbocycles. The zero-order chi connectivity index (χ0) is 17.2. The van der Waals surface area contributed by atoms with Crippen molar-refractivity contribution in [2.24, 2.45) is 0 Å². The van der Waals surface area contributed by atoms with Gasteiger partial charge in [-0.1, -0.05) is 12.2 Å². The molecule has 0 aromatic heterocycles. The summed E-state index contributed by atoms with van der Waals surface area (Å²) in [5.41, 5.74) is 2.35. The molecule has 0 spiro atoms. The molecule has 1 aliphatic rings. The average molecular weight is 322 g/mol. The summed E-state index contributed by atoms with van der Waals surface area (Å²) in [6.45, 7) is 1.88. The molecule has 6 nitrogen and oxygen atoms in total. The van der Waals surface area contributed by atoms with Gasteiger partial charge in [0.1, 0.15) is 0 Å². The molecule has 2 N–H and O–H groups in total. The topological polar surface area (TPSA) is 77.4 Å². The third-order valence-electron chi connectivity index (χ3n) is 3.82. The van der Waals surface area contributed by atoms with Crippen molar-refractivity contribution >= 4 is 5.57 Å². The summed E-state index contributed by atoms with van der Waals surface area (Å²) in [6.07, 6.45) is 4.79. The maximum Gasteiger partial charge on any atom is 0.207 e. The van der Waals surface area contributed by atoms with Gasteiger partial charge in [0.25, 0.3) is 0 Å². The number of allylic oxidation sites excluding steroid dienone is 2. The molecule has 0 saturated heterocycles. The molecule has 126 valence electrons. The van der Waals surface area contributed by atoms with E-state index in [1.807, 2.05) is 6.92 Å². The Kier molecular flexibility index (Phi) is 4.87. The first-order chi connectivity index (χ1) is 10.9. The Morgan fingerprint density at radius 3 is 1.83 bits per heavy atom. The van der Waals surface area contributed by atoms with Crippen molar-refractivity contribution in [3.05, 3.63) is 29.4 Å². The van der Waals surface area contributed by atoms with Gasteiger partial charge >= 0.3 is 0 Å². The van der Waals surface area contributed by atoms with Gasteiger partial charge in [-0.2, -0.15) is 0 Å². The summed E-state index contributed by atoms with van der Waals surface area (Å²) >= 11 is 0. The highest BCUT2D eigenvalue weighted by Crippen LogP contribution is 2.51. The second-order valence-electron chi connectivity index (χ2n) is 5.21. The quantitative estimate of drug-likeness (QED) is 0.808. The van der Waals surface area contributed by atoms with E-state index in [9.17, 15) is 10.2 Å². The van der Waals surface area contributed by atoms with Gasteiger partial charge in [-0.15, -0.1) is 0 Å². The van der Waals surface area contributed by atoms with Crippen LogP contribution in [0.4, 0.5) is 0 Å². The first-order valence-corrected chi connectivity index (χ1v) is 7.11. The van der Waals surface area contributed by atoms with Crippen LogP contribution < -0.4 is 18.9 Å². The van der Waals surface area contributed by atoms with E-state index < -0.39 is 5.79 Å². The lowest BCUT2D eigenvalue weighted by Crippen LogP contribution is -2.25. The lowest BCUT2D eigenvalue weighted by molar-refractivity contribution is -0.114. The Morgan fingerprint density at radius 2 is 1.39 bits per heavy atom. The molecule has 23 heavy (non-hydrogen) atoms. The van der Waals surface area contributed by atoms with E-state index in [0.29, 0.717) is 23.0 Å². The molecule has 6 heteroatoms. The standard InChI is InChI=1S/C17H22O6/c1-10-12(11-6-8-17(18,19)9-7-11)14(21-3)16(23-5)15(22-4)13(10)20-2/h6-8,18-19H,9H2,1-5H3. The largest absolute Gasteiger partial charge is 0.492 e. The third-order valence-corrected chi connectivity index (χ3v) is 3.82. The summed E-state index contributed by atoms with van der Waals surface area (Å²) < 4.78 is 21.9. The Balaban J connectivity index is 2.73. The molecule has 0 heterocycles. The number of aliphatic hydroxyl groups is 2. The van der Waals surface area contributed by atoms with E-state index in [1.54, 1.807) is 26.4 Å². The van der Waals surface area contributed by atoms with E-state index in [2.05, 4.69) is 0 Å². The van der Waals surface area contributed by atoms with E-state index in [1.165, 1.54) is 20.3 Å². The molecule has 0 aliphatic heterocycles. The number of methoxy groups -OCH3 is 4. The van der Waals surface area contributed by atoms with Gasteiger partial charge in [0.05, 0.1) is 28.4 Å². The monoisotopic (exact) mass is 322 g/mol. The van der Waals surface area contributed by atoms with Crippen molar-refractivity contribution < 1.29 is 29.2 Å². The predicted octanol–water partition coefficient (Wildman–Crippen LogP) is 2.05. The van der Waals surface area contributed by atoms with Gasteiger partial charge < -0.3 is 29.2 Å². The molecular weight excluding hydrogens is 300 g/mol. The van der Waals surface area contributed by atoms with Gasteiger partial charge in [-0.3, -0.25) is 0 Å². The maximum atomic E-state index is 9.64. The normalized spacial score (nSPS) is 15.9. The van der Waals surface area contributed by atoms with Gasteiger partial charge in [0, 0.05) is 17.5 Å². The maximum absolute atomic E-state index is 9.64. The molecule has 2 rings (SSSR count). The van der Waals surface area contributed by atoms with Crippen molar-refractivity contribution in [3.63, 3.8) is 0 Å². The lowest BCUT2D eigenvalue weighted by atomic mass is 9.91. The van der Waals surface area contributed by atoms with E-state index in [-0.39, 0.29) is 6.42 Å². The minimum Gasteiger partial charge on any atom is -0.492 e. The predicted molar refractivity (Wildman–Crippen MR) is 86.3 cm³/mol. The average Bonchev–Trinajstić information content (AvgIpc) is 2.53. The van der Waals surface area contributed by atoms with Gasteiger partial charge in [0.15, 0.2) is 17.3 Å². The molecule has 0 unspecified atom stereocenters. The molecule has 0 bridgehead atoms. The van der Waals surface area contributed by atoms with Crippen LogP contribution in [0.3, 0.4) is 0 Å². The summed E-state index contributed by atoms with van der Waals surface area (Å²) in [5.74, 6) is 0.0885. The molecule has 0 fully saturated rings. The fourth-order valence-corrected chi connectivity index (χ4v) is 2.74. The van der Waals surface area contributed by atoms with Gasteiger partial charge in [-0.25, -0.2) is 0 Å². The summed E-state index contributed by atoms with van der Waals surface area (Å²) in [6, 6.07) is 0. The first kappa shape index (κ1) is 17.2. The fourth-order valence-electron chi connectivity index (χ4n) is 2.74. The van der Waals surface area contributed by atoms with Crippen molar-refractivity contribution in [1.82, 2.24) is 0 Å². The van der Waals surface area contributed by atoms with Crippen LogP contribution in [0.25, 0.3) is 5.57 Å². The Labute approximate surface area is 135 Å². The van der Waals surface area contributed by atoms with E-state index in [0.717, 1.165) is 16.7 Å².